The Labute approximate surface area is 196 Å². The highest BCUT2D eigenvalue weighted by atomic mass is 32.2. The van der Waals surface area contributed by atoms with Gasteiger partial charge >= 0.3 is 0 Å². The van der Waals surface area contributed by atoms with Crippen LogP contribution in [0.1, 0.15) is 63.7 Å². The lowest BCUT2D eigenvalue weighted by Crippen LogP contribution is -2.30. The Morgan fingerprint density at radius 3 is 2.16 bits per heavy atom. The molecule has 0 bridgehead atoms. The molecule has 0 saturated carbocycles. The molecule has 0 saturated heterocycles. The van der Waals surface area contributed by atoms with Gasteiger partial charge in [-0.1, -0.05) is 50.6 Å². The molecule has 2 aromatic rings. The number of nitrogens with one attached hydrogen (secondary N) is 1. The fourth-order valence-corrected chi connectivity index (χ4v) is 4.14. The quantitative estimate of drug-likeness (QED) is 0.238. The first kappa shape index (κ1) is 25.7. The monoisotopic (exact) mass is 457 g/mol. The number of hydrogen-bond acceptors (Lipinski definition) is 6. The summed E-state index contributed by atoms with van der Waals surface area (Å²) in [4.78, 5) is 16.6. The minimum absolute atomic E-state index is 0.0174. The Morgan fingerprint density at radius 2 is 1.56 bits per heavy atom. The maximum Gasteiger partial charge on any atom is 0.254 e. The minimum atomic E-state index is 0.0174. The van der Waals surface area contributed by atoms with E-state index in [2.05, 4.69) is 19.0 Å². The summed E-state index contributed by atoms with van der Waals surface area (Å²) in [7, 11) is 0. The van der Waals surface area contributed by atoms with Crippen LogP contribution in [-0.2, 0) is 0 Å². The Balaban J connectivity index is 2.45. The van der Waals surface area contributed by atoms with E-state index in [9.17, 15) is 4.79 Å². The average Bonchev–Trinajstić information content (AvgIpc) is 2.81. The van der Waals surface area contributed by atoms with Gasteiger partial charge in [-0.05, 0) is 38.8 Å². The van der Waals surface area contributed by atoms with Crippen LogP contribution in [0.2, 0.25) is 0 Å². The first-order valence-corrected chi connectivity index (χ1v) is 12.3. The summed E-state index contributed by atoms with van der Waals surface area (Å²) >= 11 is 1.48. The van der Waals surface area contributed by atoms with Crippen molar-refractivity contribution in [3.8, 4) is 11.5 Å². The molecule has 0 fully saturated rings. The Morgan fingerprint density at radius 1 is 0.938 bits per heavy atom. The fraction of sp³-hybridized carbons (Fsp3) is 0.480. The SMILES string of the molecule is CCCCOc1cc(Sc2ccccc2C(=O)N(CC)CC)c(OCCCC)cc1N=N. The molecule has 1 N–H and O–H groups in total. The van der Waals surface area contributed by atoms with Gasteiger partial charge in [0.2, 0.25) is 0 Å². The fourth-order valence-electron chi connectivity index (χ4n) is 3.11. The van der Waals surface area contributed by atoms with Gasteiger partial charge in [0.25, 0.3) is 5.91 Å². The molecule has 0 aromatic heterocycles. The highest BCUT2D eigenvalue weighted by Crippen LogP contribution is 2.43. The molecule has 0 radical (unpaired) electrons. The maximum absolute atomic E-state index is 13.1. The standard InChI is InChI=1S/C25H35N3O3S/c1-5-9-15-30-21-18-24(22(17-20(21)27-26)31-16-10-6-2)32-23-14-12-11-13-19(23)25(29)28(7-3)8-4/h11-14,17-18,26H,5-10,15-16H2,1-4H3. The second kappa shape index (κ2) is 13.8. The number of ether oxygens (including phenoxy) is 2. The number of carbonyl (C=O) groups excluding carboxylic acids is 1. The lowest BCUT2D eigenvalue weighted by Gasteiger charge is -2.21. The van der Waals surface area contributed by atoms with Crippen LogP contribution < -0.4 is 9.47 Å². The van der Waals surface area contributed by atoms with Crippen LogP contribution in [0.15, 0.2) is 51.3 Å². The topological polar surface area (TPSA) is 75.0 Å². The van der Waals surface area contributed by atoms with E-state index in [0.717, 1.165) is 35.5 Å². The van der Waals surface area contributed by atoms with Crippen molar-refractivity contribution in [3.63, 3.8) is 0 Å². The van der Waals surface area contributed by atoms with E-state index in [-0.39, 0.29) is 5.91 Å². The van der Waals surface area contributed by atoms with E-state index in [0.29, 0.717) is 49.1 Å². The second-order valence-corrected chi connectivity index (χ2v) is 8.44. The number of hydrogen-bond donors (Lipinski definition) is 1. The number of amides is 1. The first-order chi connectivity index (χ1) is 15.6. The van der Waals surface area contributed by atoms with Crippen LogP contribution in [0.4, 0.5) is 5.69 Å². The highest BCUT2D eigenvalue weighted by Gasteiger charge is 2.19. The smallest absolute Gasteiger partial charge is 0.254 e. The molecule has 0 aliphatic heterocycles. The molecule has 0 unspecified atom stereocenters. The van der Waals surface area contributed by atoms with Crippen LogP contribution >= 0.6 is 11.8 Å². The van der Waals surface area contributed by atoms with Crippen LogP contribution in [0.3, 0.4) is 0 Å². The van der Waals surface area contributed by atoms with Crippen molar-refractivity contribution in [1.29, 1.82) is 5.53 Å². The molecule has 0 spiro atoms. The van der Waals surface area contributed by atoms with Gasteiger partial charge in [0.15, 0.2) is 0 Å². The van der Waals surface area contributed by atoms with Crippen molar-refractivity contribution in [2.75, 3.05) is 26.3 Å². The van der Waals surface area contributed by atoms with Crippen LogP contribution in [0.25, 0.3) is 0 Å². The van der Waals surface area contributed by atoms with Crippen molar-refractivity contribution < 1.29 is 14.3 Å². The predicted molar refractivity (Wildman–Crippen MR) is 130 cm³/mol. The molecular formula is C25H35N3O3S. The summed E-state index contributed by atoms with van der Waals surface area (Å²) in [6.07, 6.45) is 3.91. The Kier molecular flexibility index (Phi) is 11.1. The number of unbranched alkanes of at least 4 members (excludes halogenated alkanes) is 2. The molecule has 6 nitrogen and oxygen atoms in total. The third-order valence-electron chi connectivity index (χ3n) is 5.04. The summed E-state index contributed by atoms with van der Waals surface area (Å²) in [6.45, 7) is 10.7. The molecule has 0 heterocycles. The molecule has 2 rings (SSSR count). The summed E-state index contributed by atoms with van der Waals surface area (Å²) in [6, 6.07) is 11.3. The van der Waals surface area contributed by atoms with Crippen LogP contribution in [-0.4, -0.2) is 37.1 Å². The largest absolute Gasteiger partial charge is 0.492 e. The van der Waals surface area contributed by atoms with Crippen molar-refractivity contribution in [2.24, 2.45) is 5.11 Å². The number of rotatable bonds is 14. The average molecular weight is 458 g/mol. The molecule has 0 aliphatic carbocycles. The highest BCUT2D eigenvalue weighted by molar-refractivity contribution is 7.99. The Hall–Kier alpha value is -2.54. The van der Waals surface area contributed by atoms with Gasteiger partial charge in [-0.15, -0.1) is 0 Å². The molecule has 1 amide bonds. The van der Waals surface area contributed by atoms with Crippen molar-refractivity contribution >= 4 is 23.4 Å². The van der Waals surface area contributed by atoms with Crippen molar-refractivity contribution in [2.45, 2.75) is 63.2 Å². The maximum atomic E-state index is 13.1. The molecule has 32 heavy (non-hydrogen) atoms. The van der Waals surface area contributed by atoms with Gasteiger partial charge < -0.3 is 14.4 Å². The van der Waals surface area contributed by atoms with E-state index >= 15 is 0 Å². The van der Waals surface area contributed by atoms with Gasteiger partial charge in [0, 0.05) is 30.1 Å². The van der Waals surface area contributed by atoms with E-state index in [4.69, 9.17) is 15.0 Å². The second-order valence-electron chi connectivity index (χ2n) is 7.36. The van der Waals surface area contributed by atoms with Gasteiger partial charge in [-0.25, -0.2) is 5.53 Å². The molecule has 2 aromatic carbocycles. The molecule has 174 valence electrons. The minimum Gasteiger partial charge on any atom is -0.492 e. The molecular weight excluding hydrogens is 422 g/mol. The number of carbonyl (C=O) groups is 1. The van der Waals surface area contributed by atoms with E-state index in [1.807, 2.05) is 49.1 Å². The Bertz CT molecular complexity index is 885. The summed E-state index contributed by atoms with van der Waals surface area (Å²) in [5.41, 5.74) is 8.70. The zero-order chi connectivity index (χ0) is 23.3. The molecule has 7 heteroatoms. The predicted octanol–water partition coefficient (Wildman–Crippen LogP) is 7.34. The lowest BCUT2D eigenvalue weighted by atomic mass is 10.2. The van der Waals surface area contributed by atoms with E-state index in [1.54, 1.807) is 6.07 Å². The van der Waals surface area contributed by atoms with Gasteiger partial charge in [0.05, 0.1) is 23.7 Å². The van der Waals surface area contributed by atoms with Crippen LogP contribution in [0.5, 0.6) is 11.5 Å². The zero-order valence-corrected chi connectivity index (χ0v) is 20.5. The summed E-state index contributed by atoms with van der Waals surface area (Å²) in [5.74, 6) is 1.23. The third-order valence-corrected chi connectivity index (χ3v) is 6.16. The summed E-state index contributed by atoms with van der Waals surface area (Å²) in [5, 5.41) is 3.65. The van der Waals surface area contributed by atoms with Gasteiger partial charge in [0.1, 0.15) is 17.2 Å². The van der Waals surface area contributed by atoms with Crippen LogP contribution in [0, 0.1) is 5.53 Å². The first-order valence-electron chi connectivity index (χ1n) is 11.5. The molecule has 0 atom stereocenters. The van der Waals surface area contributed by atoms with E-state index < -0.39 is 0 Å². The number of benzene rings is 2. The van der Waals surface area contributed by atoms with Gasteiger partial charge in [-0.2, -0.15) is 5.11 Å². The van der Waals surface area contributed by atoms with Crippen molar-refractivity contribution in [1.82, 2.24) is 4.90 Å². The number of nitrogens with zero attached hydrogens (tertiary/aromatic N) is 2. The normalized spacial score (nSPS) is 10.6. The summed E-state index contributed by atoms with van der Waals surface area (Å²) < 4.78 is 12.0. The van der Waals surface area contributed by atoms with Gasteiger partial charge in [-0.3, -0.25) is 4.79 Å². The van der Waals surface area contributed by atoms with Crippen molar-refractivity contribution in [3.05, 3.63) is 42.0 Å². The van der Waals surface area contributed by atoms with E-state index in [1.165, 1.54) is 11.8 Å². The third kappa shape index (κ3) is 6.99. The zero-order valence-electron chi connectivity index (χ0n) is 19.6. The molecule has 0 aliphatic rings. The lowest BCUT2D eigenvalue weighted by molar-refractivity contribution is 0.0769.